The molecule has 108 valence electrons. The van der Waals surface area contributed by atoms with Crippen LogP contribution in [0.3, 0.4) is 0 Å². The van der Waals surface area contributed by atoms with E-state index in [-0.39, 0.29) is 24.4 Å². The van der Waals surface area contributed by atoms with E-state index in [1.807, 2.05) is 0 Å². The summed E-state index contributed by atoms with van der Waals surface area (Å²) in [6, 6.07) is 1.21. The van der Waals surface area contributed by atoms with Gasteiger partial charge in [0, 0.05) is 38.8 Å². The summed E-state index contributed by atoms with van der Waals surface area (Å²) in [7, 11) is -0.520. The van der Waals surface area contributed by atoms with E-state index in [9.17, 15) is 21.6 Å². The lowest BCUT2D eigenvalue weighted by molar-refractivity contribution is 0.487. The van der Waals surface area contributed by atoms with Gasteiger partial charge in [-0.15, -0.1) is 0 Å². The predicted molar refractivity (Wildman–Crippen MR) is 65.5 cm³/mol. The van der Waals surface area contributed by atoms with Gasteiger partial charge in [-0.2, -0.15) is 0 Å². The molecule has 0 saturated carbocycles. The average molecular weight is 296 g/mol. The summed E-state index contributed by atoms with van der Waals surface area (Å²) in [6.07, 6.45) is 0. The fourth-order valence-corrected chi connectivity index (χ4v) is 2.07. The van der Waals surface area contributed by atoms with Crippen LogP contribution in [0.25, 0.3) is 0 Å². The van der Waals surface area contributed by atoms with Crippen molar-refractivity contribution in [3.8, 4) is 0 Å². The first-order valence-corrected chi connectivity index (χ1v) is 7.09. The largest absolute Gasteiger partial charge is 0.312 e. The summed E-state index contributed by atoms with van der Waals surface area (Å²) in [4.78, 5) is 0. The minimum Gasteiger partial charge on any atom is -0.312 e. The standard InChI is InChI=1S/C11H15F3N2O2S/c1-16(2)19(17,18)4-3-15-7-8-5-10(13)11(14)6-9(8)12/h5-6,15H,3-4,7H2,1-2H3. The summed E-state index contributed by atoms with van der Waals surface area (Å²) in [6.45, 7) is 0.00489. The second-order valence-electron chi connectivity index (χ2n) is 4.13. The molecule has 1 N–H and O–H groups in total. The highest BCUT2D eigenvalue weighted by molar-refractivity contribution is 7.89. The van der Waals surface area contributed by atoms with Gasteiger partial charge in [-0.05, 0) is 6.07 Å². The summed E-state index contributed by atoms with van der Waals surface area (Å²) in [5.74, 6) is -3.43. The molecule has 0 aliphatic rings. The number of benzene rings is 1. The van der Waals surface area contributed by atoms with Crippen LogP contribution in [-0.4, -0.2) is 39.1 Å². The summed E-state index contributed by atoms with van der Waals surface area (Å²) in [5.41, 5.74) is -0.0545. The Kier molecular flexibility index (Phi) is 5.33. The molecule has 0 fully saturated rings. The average Bonchev–Trinajstić information content (AvgIpc) is 2.30. The van der Waals surface area contributed by atoms with Gasteiger partial charge >= 0.3 is 0 Å². The van der Waals surface area contributed by atoms with Crippen molar-refractivity contribution in [1.82, 2.24) is 9.62 Å². The van der Waals surface area contributed by atoms with E-state index in [0.717, 1.165) is 10.4 Å². The lowest BCUT2D eigenvalue weighted by Crippen LogP contribution is -2.31. The van der Waals surface area contributed by atoms with E-state index in [0.29, 0.717) is 6.07 Å². The monoisotopic (exact) mass is 296 g/mol. The van der Waals surface area contributed by atoms with Gasteiger partial charge in [0.05, 0.1) is 5.75 Å². The molecule has 0 spiro atoms. The SMILES string of the molecule is CN(C)S(=O)(=O)CCNCc1cc(F)c(F)cc1F. The number of nitrogens with zero attached hydrogens (tertiary/aromatic N) is 1. The van der Waals surface area contributed by atoms with E-state index >= 15 is 0 Å². The van der Waals surface area contributed by atoms with E-state index in [1.165, 1.54) is 14.1 Å². The lowest BCUT2D eigenvalue weighted by atomic mass is 10.2. The Bertz CT molecular complexity index is 547. The van der Waals surface area contributed by atoms with Crippen molar-refractivity contribution in [2.24, 2.45) is 0 Å². The summed E-state index contributed by atoms with van der Waals surface area (Å²) in [5, 5.41) is 2.67. The Hall–Kier alpha value is -1.12. The number of sulfonamides is 1. The first-order valence-electron chi connectivity index (χ1n) is 5.48. The fourth-order valence-electron chi connectivity index (χ4n) is 1.31. The lowest BCUT2D eigenvalue weighted by Gasteiger charge is -2.11. The molecule has 0 radical (unpaired) electrons. The number of nitrogens with one attached hydrogen (secondary N) is 1. The Morgan fingerprint density at radius 2 is 1.68 bits per heavy atom. The van der Waals surface area contributed by atoms with Gasteiger partial charge in [-0.3, -0.25) is 0 Å². The molecule has 8 heteroatoms. The van der Waals surface area contributed by atoms with Gasteiger partial charge in [0.15, 0.2) is 11.6 Å². The normalized spacial score (nSPS) is 12.1. The zero-order chi connectivity index (χ0) is 14.6. The van der Waals surface area contributed by atoms with Gasteiger partial charge in [-0.1, -0.05) is 0 Å². The molecule has 1 rings (SSSR count). The first-order chi connectivity index (χ1) is 8.74. The molecule has 0 unspecified atom stereocenters. The number of hydrogen-bond acceptors (Lipinski definition) is 3. The molecule has 0 heterocycles. The second-order valence-corrected chi connectivity index (χ2v) is 6.44. The highest BCUT2D eigenvalue weighted by Gasteiger charge is 2.13. The topological polar surface area (TPSA) is 49.4 Å². The number of halogens is 3. The minimum absolute atomic E-state index is 0.0545. The third-order valence-electron chi connectivity index (χ3n) is 2.50. The van der Waals surface area contributed by atoms with Crippen LogP contribution in [0, 0.1) is 17.5 Å². The third kappa shape index (κ3) is 4.48. The number of rotatable bonds is 6. The van der Waals surface area contributed by atoms with Crippen LogP contribution in [0.2, 0.25) is 0 Å². The molecule has 0 aliphatic carbocycles. The maximum atomic E-state index is 13.2. The third-order valence-corrected chi connectivity index (χ3v) is 4.33. The molecule has 0 amide bonds. The van der Waals surface area contributed by atoms with Gasteiger partial charge in [0.2, 0.25) is 10.0 Å². The van der Waals surface area contributed by atoms with E-state index in [1.54, 1.807) is 0 Å². The van der Waals surface area contributed by atoms with Crippen molar-refractivity contribution in [2.75, 3.05) is 26.4 Å². The van der Waals surface area contributed by atoms with E-state index in [2.05, 4.69) is 5.32 Å². The van der Waals surface area contributed by atoms with E-state index < -0.39 is 27.5 Å². The molecular weight excluding hydrogens is 281 g/mol. The van der Waals surface area contributed by atoms with E-state index in [4.69, 9.17) is 0 Å². The fraction of sp³-hybridized carbons (Fsp3) is 0.455. The van der Waals surface area contributed by atoms with Crippen LogP contribution in [0.15, 0.2) is 12.1 Å². The Labute approximate surface area is 110 Å². The van der Waals surface area contributed by atoms with Crippen molar-refractivity contribution in [3.05, 3.63) is 35.1 Å². The van der Waals surface area contributed by atoms with Crippen molar-refractivity contribution in [1.29, 1.82) is 0 Å². The van der Waals surface area contributed by atoms with Crippen LogP contribution in [0.5, 0.6) is 0 Å². The smallest absolute Gasteiger partial charge is 0.214 e. The molecule has 4 nitrogen and oxygen atoms in total. The molecule has 19 heavy (non-hydrogen) atoms. The predicted octanol–water partition coefficient (Wildman–Crippen LogP) is 1.08. The molecule has 1 aromatic carbocycles. The zero-order valence-electron chi connectivity index (χ0n) is 10.6. The van der Waals surface area contributed by atoms with Crippen LogP contribution in [0.4, 0.5) is 13.2 Å². The van der Waals surface area contributed by atoms with Crippen LogP contribution in [-0.2, 0) is 16.6 Å². The van der Waals surface area contributed by atoms with Crippen LogP contribution >= 0.6 is 0 Å². The quantitative estimate of drug-likeness (QED) is 0.631. The maximum absolute atomic E-state index is 13.2. The maximum Gasteiger partial charge on any atom is 0.214 e. The summed E-state index contributed by atoms with van der Waals surface area (Å²) >= 11 is 0. The number of hydrogen-bond donors (Lipinski definition) is 1. The molecule has 0 atom stereocenters. The van der Waals surface area contributed by atoms with Crippen LogP contribution < -0.4 is 5.32 Å². The molecule has 0 aromatic heterocycles. The van der Waals surface area contributed by atoms with Crippen molar-refractivity contribution in [2.45, 2.75) is 6.54 Å². The summed E-state index contributed by atoms with van der Waals surface area (Å²) < 4.78 is 62.7. The van der Waals surface area contributed by atoms with Crippen LogP contribution in [0.1, 0.15) is 5.56 Å². The molecule has 0 saturated heterocycles. The minimum atomic E-state index is -3.33. The zero-order valence-corrected chi connectivity index (χ0v) is 11.4. The Morgan fingerprint density at radius 1 is 1.11 bits per heavy atom. The van der Waals surface area contributed by atoms with Crippen molar-refractivity contribution < 1.29 is 21.6 Å². The first kappa shape index (κ1) is 15.9. The van der Waals surface area contributed by atoms with Gasteiger partial charge in [0.25, 0.3) is 0 Å². The van der Waals surface area contributed by atoms with Crippen molar-refractivity contribution in [3.63, 3.8) is 0 Å². The second kappa shape index (κ2) is 6.36. The Balaban J connectivity index is 2.53. The van der Waals surface area contributed by atoms with Crippen molar-refractivity contribution >= 4 is 10.0 Å². The molecular formula is C11H15F3N2O2S. The Morgan fingerprint density at radius 3 is 2.26 bits per heavy atom. The van der Waals surface area contributed by atoms with Gasteiger partial charge < -0.3 is 5.32 Å². The van der Waals surface area contributed by atoms with Gasteiger partial charge in [0.1, 0.15) is 5.82 Å². The highest BCUT2D eigenvalue weighted by Crippen LogP contribution is 2.13. The molecule has 0 aliphatic heterocycles. The highest BCUT2D eigenvalue weighted by atomic mass is 32.2. The molecule has 0 bridgehead atoms. The molecule has 1 aromatic rings. The van der Waals surface area contributed by atoms with Gasteiger partial charge in [-0.25, -0.2) is 25.9 Å².